The van der Waals surface area contributed by atoms with E-state index in [2.05, 4.69) is 5.87 Å². The maximum absolute atomic E-state index is 10.9. The highest BCUT2D eigenvalue weighted by molar-refractivity contribution is 7.99. The predicted octanol–water partition coefficient (Wildman–Crippen LogP) is -0.121. The lowest BCUT2D eigenvalue weighted by atomic mass is 10.2. The van der Waals surface area contributed by atoms with Gasteiger partial charge in [0.25, 0.3) is 0 Å². The molecule has 2 N–H and O–H groups in total. The van der Waals surface area contributed by atoms with Crippen molar-refractivity contribution >= 4 is 15.6 Å². The van der Waals surface area contributed by atoms with Gasteiger partial charge >= 0.3 is 0 Å². The number of hydrogen-bond donors (Lipinski definition) is 1. The Morgan fingerprint density at radius 2 is 2.11 bits per heavy atom. The fraction of sp³-hybridized carbons (Fsp3) is 0.600. The van der Waals surface area contributed by atoms with E-state index in [0.717, 1.165) is 0 Å². The average Bonchev–Trinajstić information content (AvgIpc) is 1.64. The summed E-state index contributed by atoms with van der Waals surface area (Å²) in [5.41, 5.74) is 0. The van der Waals surface area contributed by atoms with Crippen LogP contribution in [0.1, 0.15) is 13.8 Å². The molecule has 0 aliphatic heterocycles. The van der Waals surface area contributed by atoms with Gasteiger partial charge in [0.05, 0.1) is 6.07 Å². The maximum Gasteiger partial charge on any atom is 0.131 e. The highest BCUT2D eigenvalue weighted by Crippen LogP contribution is 2.09. The number of rotatable bonds is 1. The largest absolute Gasteiger partial charge is 0.258 e. The number of hydrogen-bond acceptors (Lipinski definition) is 2. The normalized spacial score (nSPS) is 18.0. The van der Waals surface area contributed by atoms with Crippen LogP contribution < -0.4 is 5.14 Å². The van der Waals surface area contributed by atoms with Crippen molar-refractivity contribution in [2.75, 3.05) is 0 Å². The molecule has 52 valence electrons. The van der Waals surface area contributed by atoms with Gasteiger partial charge in [-0.3, -0.25) is 9.35 Å². The first-order valence-electron chi connectivity index (χ1n) is 2.37. The fourth-order valence-corrected chi connectivity index (χ4v) is 0.232. The van der Waals surface area contributed by atoms with Crippen molar-refractivity contribution < 1.29 is 4.21 Å². The highest BCUT2D eigenvalue weighted by Gasteiger charge is 2.24. The average molecular weight is 146 g/mol. The molecule has 1 atom stereocenters. The molecule has 0 aromatic carbocycles. The van der Waals surface area contributed by atoms with Crippen molar-refractivity contribution in [3.05, 3.63) is 0 Å². The lowest BCUT2D eigenvalue weighted by Crippen LogP contribution is -2.35. The molecule has 0 fully saturated rings. The van der Waals surface area contributed by atoms with Gasteiger partial charge in [-0.25, -0.2) is 0 Å². The zero-order chi connectivity index (χ0) is 7.71. The van der Waals surface area contributed by atoms with Crippen LogP contribution in [0, 0.1) is 11.3 Å². The Balaban J connectivity index is 4.85. The Morgan fingerprint density at radius 1 is 1.78 bits per heavy atom. The van der Waals surface area contributed by atoms with E-state index in [0.29, 0.717) is 0 Å². The van der Waals surface area contributed by atoms with Crippen LogP contribution >= 0.6 is 0 Å². The minimum absolute atomic E-state index is 1.02. The van der Waals surface area contributed by atoms with Crippen molar-refractivity contribution in [2.45, 2.75) is 18.6 Å². The molecule has 0 aliphatic carbocycles. The maximum atomic E-state index is 10.9. The first-order valence-corrected chi connectivity index (χ1v) is 4.16. The standard InChI is InChI=1S/C5H10N2OS/c1-5(2,4-6)9(3,7)8/h3H2,1-2H3,(H2,7,8). The van der Waals surface area contributed by atoms with E-state index in [9.17, 15) is 4.21 Å². The molecule has 9 heavy (non-hydrogen) atoms. The molecule has 3 nitrogen and oxygen atoms in total. The van der Waals surface area contributed by atoms with E-state index in [1.807, 2.05) is 6.07 Å². The van der Waals surface area contributed by atoms with Gasteiger partial charge in [0.2, 0.25) is 0 Å². The monoisotopic (exact) mass is 146 g/mol. The first kappa shape index (κ1) is 8.47. The first-order chi connectivity index (χ1) is 3.81. The van der Waals surface area contributed by atoms with Crippen LogP contribution in [0.15, 0.2) is 0 Å². The van der Waals surface area contributed by atoms with Gasteiger partial charge in [-0.1, -0.05) is 0 Å². The summed E-state index contributed by atoms with van der Waals surface area (Å²) in [4.78, 5) is 0. The predicted molar refractivity (Wildman–Crippen MR) is 39.1 cm³/mol. The SMILES string of the molecule is C=S(N)(=O)C(C)(C)C#N. The Labute approximate surface area is 55.6 Å². The van der Waals surface area contributed by atoms with Crippen LogP contribution in [0.3, 0.4) is 0 Å². The third kappa shape index (κ3) is 1.70. The smallest absolute Gasteiger partial charge is 0.131 e. The van der Waals surface area contributed by atoms with Gasteiger partial charge in [-0.15, -0.1) is 0 Å². The summed E-state index contributed by atoms with van der Waals surface area (Å²) in [5, 5.41) is 13.5. The van der Waals surface area contributed by atoms with E-state index in [1.54, 1.807) is 0 Å². The second kappa shape index (κ2) is 2.01. The Bertz CT molecular complexity index is 232. The van der Waals surface area contributed by atoms with Crippen LogP contribution in [0.4, 0.5) is 0 Å². The fourth-order valence-electron chi connectivity index (χ4n) is 0.0773. The molecular weight excluding hydrogens is 136 g/mol. The topological polar surface area (TPSA) is 66.9 Å². The molecule has 0 rings (SSSR count). The van der Waals surface area contributed by atoms with E-state index in [1.165, 1.54) is 13.8 Å². The molecule has 0 aliphatic rings. The van der Waals surface area contributed by atoms with E-state index < -0.39 is 14.5 Å². The van der Waals surface area contributed by atoms with Crippen molar-refractivity contribution in [1.82, 2.24) is 0 Å². The second-order valence-electron chi connectivity index (χ2n) is 2.35. The third-order valence-corrected chi connectivity index (χ3v) is 2.95. The second-order valence-corrected chi connectivity index (χ2v) is 4.82. The molecule has 0 saturated carbocycles. The van der Waals surface area contributed by atoms with Crippen LogP contribution in [0.2, 0.25) is 0 Å². The zero-order valence-electron chi connectivity index (χ0n) is 5.55. The van der Waals surface area contributed by atoms with Gasteiger partial charge in [0.1, 0.15) is 4.75 Å². The van der Waals surface area contributed by atoms with E-state index in [-0.39, 0.29) is 0 Å². The molecule has 0 aromatic heterocycles. The van der Waals surface area contributed by atoms with Gasteiger partial charge < -0.3 is 0 Å². The van der Waals surface area contributed by atoms with Crippen LogP contribution in [0.25, 0.3) is 0 Å². The van der Waals surface area contributed by atoms with E-state index in [4.69, 9.17) is 10.4 Å². The Kier molecular flexibility index (Phi) is 1.89. The Morgan fingerprint density at radius 3 is 2.11 bits per heavy atom. The molecule has 0 spiro atoms. The van der Waals surface area contributed by atoms with Crippen molar-refractivity contribution in [2.24, 2.45) is 5.14 Å². The molecular formula is C5H10N2OS. The minimum Gasteiger partial charge on any atom is -0.258 e. The molecule has 0 aromatic rings. The van der Waals surface area contributed by atoms with Gasteiger partial charge in [-0.05, 0) is 19.7 Å². The van der Waals surface area contributed by atoms with Crippen LogP contribution in [-0.4, -0.2) is 14.8 Å². The van der Waals surface area contributed by atoms with Gasteiger partial charge in [-0.2, -0.15) is 5.26 Å². The summed E-state index contributed by atoms with van der Waals surface area (Å²) in [6, 6.07) is 1.82. The molecule has 4 heteroatoms. The van der Waals surface area contributed by atoms with Crippen molar-refractivity contribution in [3.63, 3.8) is 0 Å². The summed E-state index contributed by atoms with van der Waals surface area (Å²) >= 11 is 0. The van der Waals surface area contributed by atoms with Crippen molar-refractivity contribution in [1.29, 1.82) is 5.26 Å². The lowest BCUT2D eigenvalue weighted by Gasteiger charge is -2.15. The summed E-state index contributed by atoms with van der Waals surface area (Å²) in [5.74, 6) is 3.20. The molecule has 0 saturated heterocycles. The van der Waals surface area contributed by atoms with Crippen LogP contribution in [0.5, 0.6) is 0 Å². The summed E-state index contributed by atoms with van der Waals surface area (Å²) in [6.07, 6.45) is 0. The lowest BCUT2D eigenvalue weighted by molar-refractivity contribution is 0.664. The van der Waals surface area contributed by atoms with E-state index >= 15 is 0 Å². The van der Waals surface area contributed by atoms with Crippen LogP contribution in [-0.2, 0) is 9.71 Å². The number of nitrogens with two attached hydrogens (primary N) is 1. The summed E-state index contributed by atoms with van der Waals surface area (Å²) < 4.78 is 9.86. The quantitative estimate of drug-likeness (QED) is 0.524. The van der Waals surface area contributed by atoms with Gasteiger partial charge in [0, 0.05) is 9.71 Å². The number of nitrogens with zero attached hydrogens (tertiary/aromatic N) is 1. The molecule has 1 unspecified atom stereocenters. The van der Waals surface area contributed by atoms with Gasteiger partial charge in [0.15, 0.2) is 0 Å². The summed E-state index contributed by atoms with van der Waals surface area (Å²) in [7, 11) is -2.71. The third-order valence-electron chi connectivity index (χ3n) is 1.13. The molecule has 0 bridgehead atoms. The van der Waals surface area contributed by atoms with Crippen molar-refractivity contribution in [3.8, 4) is 6.07 Å². The Hall–Kier alpha value is -0.530. The minimum atomic E-state index is -2.71. The zero-order valence-corrected chi connectivity index (χ0v) is 6.36. The molecule has 0 heterocycles. The highest BCUT2D eigenvalue weighted by atomic mass is 32.2. The molecule has 0 amide bonds. The number of nitriles is 1. The molecule has 0 radical (unpaired) electrons. The summed E-state index contributed by atoms with van der Waals surface area (Å²) in [6.45, 7) is 3.00.